The Labute approximate surface area is 510 Å². The lowest BCUT2D eigenvalue weighted by Gasteiger charge is -2.18. The minimum atomic E-state index is -0.768. The van der Waals surface area contributed by atoms with Gasteiger partial charge in [-0.3, -0.25) is 14.4 Å². The average molecular weight is 1150 g/mol. The Morgan fingerprint density at radius 1 is 0.256 bits per heavy atom. The first kappa shape index (κ1) is 79.1. The van der Waals surface area contributed by atoms with Gasteiger partial charge in [-0.2, -0.15) is 0 Å². The number of rotatable bonds is 67. The monoisotopic (exact) mass is 1150 g/mol. The molecule has 82 heavy (non-hydrogen) atoms. The smallest absolute Gasteiger partial charge is 0.306 e. The third-order valence-corrected chi connectivity index (χ3v) is 16.3. The molecular weight excluding hydrogens is 1010 g/mol. The maximum atomic E-state index is 12.9. The zero-order valence-corrected chi connectivity index (χ0v) is 55.0. The van der Waals surface area contributed by atoms with E-state index in [0.717, 1.165) is 83.5 Å². The van der Waals surface area contributed by atoms with E-state index in [0.29, 0.717) is 19.3 Å². The van der Waals surface area contributed by atoms with Crippen LogP contribution in [-0.2, 0) is 28.6 Å². The summed E-state index contributed by atoms with van der Waals surface area (Å²) in [5.41, 5.74) is 0. The molecule has 0 saturated heterocycles. The van der Waals surface area contributed by atoms with Crippen LogP contribution in [0.25, 0.3) is 0 Å². The van der Waals surface area contributed by atoms with E-state index in [1.54, 1.807) is 0 Å². The number of hydrogen-bond acceptors (Lipinski definition) is 6. The van der Waals surface area contributed by atoms with Gasteiger partial charge in [0.2, 0.25) is 0 Å². The molecule has 1 unspecified atom stereocenters. The van der Waals surface area contributed by atoms with Crippen molar-refractivity contribution in [3.63, 3.8) is 0 Å². The number of ether oxygens (including phenoxy) is 3. The van der Waals surface area contributed by atoms with E-state index in [9.17, 15) is 14.4 Å². The lowest BCUT2D eigenvalue weighted by atomic mass is 10.0. The van der Waals surface area contributed by atoms with Crippen LogP contribution in [0, 0.1) is 0 Å². The van der Waals surface area contributed by atoms with Gasteiger partial charge in [-0.15, -0.1) is 0 Å². The number of unbranched alkanes of at least 4 members (excludes halogenated alkanes) is 46. The van der Waals surface area contributed by atoms with Crippen LogP contribution in [0.1, 0.15) is 387 Å². The minimum Gasteiger partial charge on any atom is -0.462 e. The second kappa shape index (κ2) is 70.6. The van der Waals surface area contributed by atoms with E-state index < -0.39 is 6.10 Å². The van der Waals surface area contributed by atoms with E-state index >= 15 is 0 Å². The predicted octanol–water partition coefficient (Wildman–Crippen LogP) is 25.1. The highest BCUT2D eigenvalue weighted by molar-refractivity contribution is 5.71. The summed E-state index contributed by atoms with van der Waals surface area (Å²) in [4.78, 5) is 38.1. The second-order valence-electron chi connectivity index (χ2n) is 24.5. The van der Waals surface area contributed by atoms with E-state index in [1.165, 1.54) is 263 Å². The molecule has 0 aromatic heterocycles. The Morgan fingerprint density at radius 2 is 0.476 bits per heavy atom. The highest BCUT2D eigenvalue weighted by Crippen LogP contribution is 2.18. The first-order valence-electron chi connectivity index (χ1n) is 36.3. The zero-order chi connectivity index (χ0) is 59.2. The van der Waals surface area contributed by atoms with Gasteiger partial charge in [0.25, 0.3) is 0 Å². The molecule has 478 valence electrons. The van der Waals surface area contributed by atoms with Gasteiger partial charge in [-0.25, -0.2) is 0 Å². The van der Waals surface area contributed by atoms with Crippen molar-refractivity contribution in [3.8, 4) is 0 Å². The van der Waals surface area contributed by atoms with E-state index in [-0.39, 0.29) is 31.1 Å². The first-order chi connectivity index (χ1) is 40.5. The van der Waals surface area contributed by atoms with Crippen molar-refractivity contribution in [1.29, 1.82) is 0 Å². The van der Waals surface area contributed by atoms with Gasteiger partial charge in [-0.05, 0) is 83.5 Å². The minimum absolute atomic E-state index is 0.0683. The van der Waals surface area contributed by atoms with Crippen LogP contribution in [0.3, 0.4) is 0 Å². The fourth-order valence-electron chi connectivity index (χ4n) is 10.8. The van der Waals surface area contributed by atoms with Gasteiger partial charge < -0.3 is 14.2 Å². The van der Waals surface area contributed by atoms with Crippen molar-refractivity contribution in [2.75, 3.05) is 13.2 Å². The Hall–Kier alpha value is -2.89. The molecule has 0 aliphatic heterocycles. The summed E-state index contributed by atoms with van der Waals surface area (Å²) in [5, 5.41) is 0. The number of carbonyl (C=O) groups is 3. The standard InChI is InChI=1S/C76H138O6/c1-4-7-10-13-16-18-20-22-24-26-28-30-32-33-34-35-36-37-38-39-40-41-42-43-45-46-48-50-52-54-56-58-60-63-66-69-75(78)81-72-73(71-80-74(77)68-65-62-15-12-9-6-3)82-76(79)70-67-64-61-59-57-55-53-51-49-47-44-31-29-27-25-23-21-19-17-14-11-8-5-2/h7,10,16,18,22,24,27-30,73H,4-6,8-9,11-15,17,19-21,23,25-26,31-72H2,1-3H3/b10-7-,18-16-,24-22-,29-27-,30-28-. The van der Waals surface area contributed by atoms with Gasteiger partial charge in [-0.1, -0.05) is 345 Å². The third-order valence-electron chi connectivity index (χ3n) is 16.3. The Balaban J connectivity index is 3.93. The van der Waals surface area contributed by atoms with E-state index in [1.807, 2.05) is 0 Å². The maximum absolute atomic E-state index is 12.9. The lowest BCUT2D eigenvalue weighted by molar-refractivity contribution is -0.167. The molecule has 0 amide bonds. The fourth-order valence-corrected chi connectivity index (χ4v) is 10.8. The van der Waals surface area contributed by atoms with Crippen molar-refractivity contribution < 1.29 is 28.6 Å². The molecule has 0 aromatic rings. The number of carbonyl (C=O) groups excluding carboxylic acids is 3. The van der Waals surface area contributed by atoms with Crippen molar-refractivity contribution >= 4 is 17.9 Å². The maximum Gasteiger partial charge on any atom is 0.306 e. The summed E-state index contributed by atoms with van der Waals surface area (Å²) in [6.07, 6.45) is 91.7. The van der Waals surface area contributed by atoms with Crippen LogP contribution in [-0.4, -0.2) is 37.2 Å². The third kappa shape index (κ3) is 67.9. The summed E-state index contributed by atoms with van der Waals surface area (Å²) in [5.74, 6) is -0.855. The molecule has 0 aliphatic rings. The van der Waals surface area contributed by atoms with Crippen molar-refractivity contribution in [2.24, 2.45) is 0 Å². The summed E-state index contributed by atoms with van der Waals surface area (Å²) < 4.78 is 16.9. The van der Waals surface area contributed by atoms with Gasteiger partial charge in [0.1, 0.15) is 13.2 Å². The van der Waals surface area contributed by atoms with Crippen LogP contribution in [0.4, 0.5) is 0 Å². The predicted molar refractivity (Wildman–Crippen MR) is 358 cm³/mol. The molecular formula is C76H138O6. The Bertz CT molecular complexity index is 1460. The van der Waals surface area contributed by atoms with E-state index in [2.05, 4.69) is 81.5 Å². The SMILES string of the molecule is CC/C=C\C/C=C\C/C=C\C/C=C\CCCCCCCCCCCCCCCCCCCCCCCCC(=O)OCC(COC(=O)CCCCCCCC)OC(=O)CCCCCCCCCCCCC/C=C\CCCCCCCCCC. The van der Waals surface area contributed by atoms with Gasteiger partial charge in [0.15, 0.2) is 6.10 Å². The zero-order valence-electron chi connectivity index (χ0n) is 55.0. The van der Waals surface area contributed by atoms with Crippen molar-refractivity contribution in [3.05, 3.63) is 60.8 Å². The number of allylic oxidation sites excluding steroid dienone is 10. The molecule has 0 radical (unpaired) electrons. The summed E-state index contributed by atoms with van der Waals surface area (Å²) in [6.45, 7) is 6.53. The fraction of sp³-hybridized carbons (Fsp3) is 0.829. The molecule has 0 fully saturated rings. The molecule has 1 atom stereocenters. The number of hydrogen-bond donors (Lipinski definition) is 0. The summed E-state index contributed by atoms with van der Waals surface area (Å²) in [7, 11) is 0. The van der Waals surface area contributed by atoms with Crippen LogP contribution in [0.5, 0.6) is 0 Å². The van der Waals surface area contributed by atoms with Crippen molar-refractivity contribution in [2.45, 2.75) is 393 Å². The lowest BCUT2D eigenvalue weighted by Crippen LogP contribution is -2.30. The van der Waals surface area contributed by atoms with Gasteiger partial charge in [0, 0.05) is 19.3 Å². The van der Waals surface area contributed by atoms with Gasteiger partial charge >= 0.3 is 17.9 Å². The van der Waals surface area contributed by atoms with Crippen LogP contribution in [0.2, 0.25) is 0 Å². The molecule has 0 bridgehead atoms. The highest BCUT2D eigenvalue weighted by Gasteiger charge is 2.19. The molecule has 0 heterocycles. The largest absolute Gasteiger partial charge is 0.462 e. The van der Waals surface area contributed by atoms with E-state index in [4.69, 9.17) is 14.2 Å². The van der Waals surface area contributed by atoms with Crippen LogP contribution >= 0.6 is 0 Å². The molecule has 6 nitrogen and oxygen atoms in total. The van der Waals surface area contributed by atoms with Crippen LogP contribution in [0.15, 0.2) is 60.8 Å². The molecule has 0 aliphatic carbocycles. The Morgan fingerprint density at radius 3 is 0.756 bits per heavy atom. The summed E-state index contributed by atoms with van der Waals surface area (Å²) >= 11 is 0. The second-order valence-corrected chi connectivity index (χ2v) is 24.5. The number of esters is 3. The summed E-state index contributed by atoms with van der Waals surface area (Å²) in [6, 6.07) is 0. The molecule has 0 spiro atoms. The molecule has 0 aromatic carbocycles. The van der Waals surface area contributed by atoms with Crippen LogP contribution < -0.4 is 0 Å². The first-order valence-corrected chi connectivity index (χ1v) is 36.3. The molecule has 0 rings (SSSR count). The quantitative estimate of drug-likeness (QED) is 0.0261. The van der Waals surface area contributed by atoms with Crippen molar-refractivity contribution in [1.82, 2.24) is 0 Å². The molecule has 0 N–H and O–H groups in total. The molecule has 6 heteroatoms. The topological polar surface area (TPSA) is 78.9 Å². The van der Waals surface area contributed by atoms with Gasteiger partial charge in [0.05, 0.1) is 0 Å². The average Bonchev–Trinajstić information content (AvgIpc) is 3.47. The molecule has 0 saturated carbocycles. The Kier molecular flexibility index (Phi) is 68.1. The normalized spacial score (nSPS) is 12.4. The highest BCUT2D eigenvalue weighted by atomic mass is 16.6.